The van der Waals surface area contributed by atoms with Gasteiger partial charge in [0.15, 0.2) is 0 Å². The van der Waals surface area contributed by atoms with E-state index in [-0.39, 0.29) is 14.5 Å². The average molecular weight is 879 g/mol. The van der Waals surface area contributed by atoms with Crippen molar-refractivity contribution in [2.24, 2.45) is 0 Å². The number of fused-ring (bicyclic) bond motifs is 12. The van der Waals surface area contributed by atoms with Crippen LogP contribution in [0.25, 0.3) is 124 Å². The Hall–Kier alpha value is -7.88. The molecule has 0 fully saturated rings. The molecule has 298 valence electrons. The van der Waals surface area contributed by atoms with E-state index in [1.54, 1.807) is 0 Å². The summed E-state index contributed by atoms with van der Waals surface area (Å²) in [5, 5.41) is 10.2. The minimum absolute atomic E-state index is 0.204. The van der Waals surface area contributed by atoms with Crippen LogP contribution in [0.1, 0.15) is 0 Å². The molecule has 0 spiro atoms. The van der Waals surface area contributed by atoms with Gasteiger partial charge in [-0.15, -0.1) is 0 Å². The Bertz CT molecular complexity index is 4140. The third-order valence-corrected chi connectivity index (χ3v) is 15.8. The van der Waals surface area contributed by atoms with E-state index >= 15 is 0 Å². The molecule has 4 aromatic heterocycles. The van der Waals surface area contributed by atoms with Crippen LogP contribution in [-0.4, -0.2) is 28.2 Å². The van der Waals surface area contributed by atoms with Gasteiger partial charge in [0.25, 0.3) is 0 Å². The Balaban J connectivity index is 0.977. The molecule has 0 saturated heterocycles. The van der Waals surface area contributed by atoms with Gasteiger partial charge in [-0.05, 0) is 12.1 Å². The van der Waals surface area contributed by atoms with Gasteiger partial charge in [-0.25, -0.2) is 0 Å². The van der Waals surface area contributed by atoms with E-state index in [0.29, 0.717) is 0 Å². The van der Waals surface area contributed by atoms with Crippen LogP contribution < -0.4 is 0 Å². The van der Waals surface area contributed by atoms with Crippen molar-refractivity contribution in [1.82, 2.24) is 13.7 Å². The summed E-state index contributed by atoms with van der Waals surface area (Å²) >= 11 is 0.204. The van der Waals surface area contributed by atoms with Crippen molar-refractivity contribution in [3.05, 3.63) is 224 Å². The Morgan fingerprint density at radius 3 is 1.44 bits per heavy atom. The second kappa shape index (κ2) is 13.8. The Kier molecular flexibility index (Phi) is 7.70. The zero-order valence-corrected chi connectivity index (χ0v) is 36.3. The first-order valence-corrected chi connectivity index (χ1v) is 23.6. The van der Waals surface area contributed by atoms with Crippen LogP contribution in [0.5, 0.6) is 0 Å². The van der Waals surface area contributed by atoms with E-state index < -0.39 is 0 Å². The molecule has 64 heavy (non-hydrogen) atoms. The van der Waals surface area contributed by atoms with Crippen molar-refractivity contribution >= 4 is 99.2 Å². The van der Waals surface area contributed by atoms with Crippen molar-refractivity contribution in [3.63, 3.8) is 0 Å². The van der Waals surface area contributed by atoms with E-state index in [1.165, 1.54) is 113 Å². The Morgan fingerprint density at radius 2 is 0.750 bits per heavy atom. The van der Waals surface area contributed by atoms with Crippen LogP contribution in [0, 0.1) is 0 Å². The number of rotatable bonds is 5. The Labute approximate surface area is 374 Å². The summed E-state index contributed by atoms with van der Waals surface area (Å²) in [5.74, 6) is 0. The fourth-order valence-corrected chi connectivity index (χ4v) is 12.9. The molecule has 3 nitrogen and oxygen atoms in total. The van der Waals surface area contributed by atoms with Gasteiger partial charge in [0.2, 0.25) is 0 Å². The topological polar surface area (TPSA) is 14.8 Å². The van der Waals surface area contributed by atoms with Crippen LogP contribution in [-0.2, 0) is 0 Å². The van der Waals surface area contributed by atoms with Crippen LogP contribution in [0.4, 0.5) is 0 Å². The Morgan fingerprint density at radius 1 is 0.250 bits per heavy atom. The average Bonchev–Trinajstić information content (AvgIpc) is 4.10. The maximum atomic E-state index is 2.54. The van der Waals surface area contributed by atoms with Gasteiger partial charge in [0.1, 0.15) is 0 Å². The minimum atomic E-state index is 0.204. The molecule has 14 aromatic rings. The molecule has 10 aromatic carbocycles. The van der Waals surface area contributed by atoms with Gasteiger partial charge >= 0.3 is 302 Å². The van der Waals surface area contributed by atoms with Gasteiger partial charge in [-0.2, -0.15) is 0 Å². The van der Waals surface area contributed by atoms with Crippen molar-refractivity contribution in [1.29, 1.82) is 0 Å². The number of nitrogens with zero attached hydrogens (tertiary/aromatic N) is 3. The van der Waals surface area contributed by atoms with Gasteiger partial charge in [0.05, 0.1) is 11.0 Å². The number of aromatic nitrogens is 3. The third-order valence-electron chi connectivity index (χ3n) is 13.4. The van der Waals surface area contributed by atoms with E-state index in [9.17, 15) is 0 Å². The van der Waals surface area contributed by atoms with Crippen LogP contribution in [0.2, 0.25) is 0 Å². The molecule has 0 amide bonds. The molecule has 0 unspecified atom stereocenters. The van der Waals surface area contributed by atoms with E-state index in [4.69, 9.17) is 0 Å². The summed E-state index contributed by atoms with van der Waals surface area (Å²) < 4.78 is 10.3. The molecule has 14 rings (SSSR count). The van der Waals surface area contributed by atoms with Crippen molar-refractivity contribution in [2.75, 3.05) is 0 Å². The zero-order chi connectivity index (χ0) is 41.9. The standard InChI is InChI=1S/C60H37N3Se/c1-2-14-38(15-3-1)39-16-12-17-40(34-39)41-28-33-58-50(35-41)60-56(26-13-27-59(60)64-58)63-54-25-11-6-20-46(54)48-31-29-43(37-57(48)63)62-53-24-10-7-21-47(53)49-36-42(30-32-55(49)62)61-51-22-8-4-18-44(51)45-19-5-9-23-52(45)61/h1-37H. The summed E-state index contributed by atoms with van der Waals surface area (Å²) in [6.45, 7) is 0. The summed E-state index contributed by atoms with van der Waals surface area (Å²) in [6.07, 6.45) is 0. The molecule has 0 aliphatic rings. The monoisotopic (exact) mass is 879 g/mol. The molecule has 4 heteroatoms. The zero-order valence-electron chi connectivity index (χ0n) is 34.6. The van der Waals surface area contributed by atoms with E-state index in [2.05, 4.69) is 238 Å². The maximum absolute atomic E-state index is 2.54. The summed E-state index contributed by atoms with van der Waals surface area (Å²) in [5.41, 5.74) is 15.7. The number of benzene rings is 10. The second-order valence-corrected chi connectivity index (χ2v) is 19.2. The predicted molar refractivity (Wildman–Crippen MR) is 272 cm³/mol. The van der Waals surface area contributed by atoms with Gasteiger partial charge < -0.3 is 4.57 Å². The third kappa shape index (κ3) is 5.22. The van der Waals surface area contributed by atoms with Gasteiger partial charge in [-0.1, -0.05) is 36.4 Å². The normalized spacial score (nSPS) is 12.1. The van der Waals surface area contributed by atoms with Gasteiger partial charge in [-0.3, -0.25) is 0 Å². The summed E-state index contributed by atoms with van der Waals surface area (Å²) in [4.78, 5) is 0. The summed E-state index contributed by atoms with van der Waals surface area (Å²) in [6, 6.07) is 83.2. The van der Waals surface area contributed by atoms with Crippen LogP contribution in [0.15, 0.2) is 224 Å². The molecule has 0 aliphatic heterocycles. The number of hydrogen-bond acceptors (Lipinski definition) is 0. The van der Waals surface area contributed by atoms with Crippen molar-refractivity contribution in [3.8, 4) is 39.3 Å². The van der Waals surface area contributed by atoms with Crippen LogP contribution in [0.3, 0.4) is 0 Å². The number of para-hydroxylation sites is 4. The van der Waals surface area contributed by atoms with Crippen LogP contribution >= 0.6 is 0 Å². The van der Waals surface area contributed by atoms with Gasteiger partial charge in [0, 0.05) is 10.8 Å². The molecule has 0 radical (unpaired) electrons. The first kappa shape index (κ1) is 35.7. The second-order valence-electron chi connectivity index (χ2n) is 16.9. The quantitative estimate of drug-likeness (QED) is 0.153. The predicted octanol–water partition coefficient (Wildman–Crippen LogP) is 15.7. The molecule has 0 N–H and O–H groups in total. The fourth-order valence-electron chi connectivity index (χ4n) is 10.6. The first-order valence-electron chi connectivity index (χ1n) is 21.9. The summed E-state index contributed by atoms with van der Waals surface area (Å²) in [7, 11) is 0. The molecular weight excluding hydrogens is 842 g/mol. The molecule has 0 aliphatic carbocycles. The number of hydrogen-bond donors (Lipinski definition) is 0. The fraction of sp³-hybridized carbons (Fsp3) is 0. The van der Waals surface area contributed by atoms with E-state index in [0.717, 1.165) is 11.4 Å². The first-order chi connectivity index (χ1) is 31.7. The van der Waals surface area contributed by atoms with E-state index in [1.807, 2.05) is 0 Å². The molecule has 4 heterocycles. The van der Waals surface area contributed by atoms with Crippen molar-refractivity contribution in [2.45, 2.75) is 0 Å². The van der Waals surface area contributed by atoms with Crippen molar-refractivity contribution < 1.29 is 0 Å². The molecule has 0 saturated carbocycles. The molecule has 0 atom stereocenters. The SMILES string of the molecule is c1ccc(-c2cccc(-c3ccc4[se]c5cccc(-n6c7ccccc7c7ccc(-n8c9ccccc9c9cc(-n%10c%11ccccc%11c%11ccccc%11%10)ccc98)cc76)c5c4c3)c2)cc1. The molecule has 0 bridgehead atoms. The molecular formula is C60H37N3Se.